The fraction of sp³-hybridized carbons (Fsp3) is 0.895. The molecular weight excluding hydrogens is 459 g/mol. The number of carbonyl (C=O) groups is 1. The number of hydrogen-bond acceptors (Lipinski definition) is 4. The van der Waals surface area contributed by atoms with Crippen molar-refractivity contribution in [3.8, 4) is 0 Å². The molecule has 3 unspecified atom stereocenters. The van der Waals surface area contributed by atoms with Gasteiger partial charge in [0.2, 0.25) is 5.91 Å². The zero-order chi connectivity index (χ0) is 18.8. The van der Waals surface area contributed by atoms with Gasteiger partial charge in [-0.3, -0.25) is 4.79 Å². The predicted molar refractivity (Wildman–Crippen MR) is 119 cm³/mol. The minimum atomic E-state index is 0. The molecule has 0 aromatic heterocycles. The van der Waals surface area contributed by atoms with E-state index in [1.165, 1.54) is 19.3 Å². The van der Waals surface area contributed by atoms with Gasteiger partial charge in [0.1, 0.15) is 6.54 Å². The molecule has 3 atom stereocenters. The molecule has 7 nitrogen and oxygen atoms in total. The normalized spacial score (nSPS) is 25.6. The summed E-state index contributed by atoms with van der Waals surface area (Å²) in [4.78, 5) is 17.9. The van der Waals surface area contributed by atoms with E-state index in [-0.39, 0.29) is 42.5 Å². The van der Waals surface area contributed by atoms with E-state index in [9.17, 15) is 4.79 Å². The van der Waals surface area contributed by atoms with Crippen molar-refractivity contribution >= 4 is 35.8 Å². The van der Waals surface area contributed by atoms with Gasteiger partial charge >= 0.3 is 0 Å². The molecule has 1 aliphatic heterocycles. The fourth-order valence-corrected chi connectivity index (χ4v) is 3.32. The lowest BCUT2D eigenvalue weighted by Gasteiger charge is -2.31. The maximum atomic E-state index is 11.9. The highest BCUT2D eigenvalue weighted by atomic mass is 127. The summed E-state index contributed by atoms with van der Waals surface area (Å²) in [6.07, 6.45) is 7.12. The first-order valence-corrected chi connectivity index (χ1v) is 10.0. The molecule has 2 aliphatic rings. The number of rotatable bonds is 8. The molecule has 1 heterocycles. The maximum Gasteiger partial charge on any atom is 0.243 e. The van der Waals surface area contributed by atoms with E-state index >= 15 is 0 Å². The number of ether oxygens (including phenoxy) is 2. The fourth-order valence-electron chi connectivity index (χ4n) is 3.32. The van der Waals surface area contributed by atoms with E-state index in [4.69, 9.17) is 9.47 Å². The molecule has 1 aliphatic carbocycles. The Labute approximate surface area is 181 Å². The number of carbonyl (C=O) groups excluding carboxylic acids is 1. The van der Waals surface area contributed by atoms with Crippen LogP contribution >= 0.6 is 24.0 Å². The lowest BCUT2D eigenvalue weighted by Crippen LogP contribution is -2.48. The van der Waals surface area contributed by atoms with Crippen LogP contribution in [-0.2, 0) is 14.3 Å². The van der Waals surface area contributed by atoms with E-state index in [0.29, 0.717) is 25.2 Å². The second kappa shape index (κ2) is 13.5. The molecule has 158 valence electrons. The number of nitrogens with zero attached hydrogens (tertiary/aromatic N) is 2. The van der Waals surface area contributed by atoms with Gasteiger partial charge in [0.05, 0.1) is 12.7 Å². The Hall–Kier alpha value is -0.610. The Morgan fingerprint density at radius 3 is 2.70 bits per heavy atom. The quantitative estimate of drug-likeness (QED) is 0.233. The molecule has 1 saturated carbocycles. The summed E-state index contributed by atoms with van der Waals surface area (Å²) in [5.74, 6) is 1.38. The molecular formula is C19H37IN4O3. The largest absolute Gasteiger partial charge is 0.379 e. The van der Waals surface area contributed by atoms with Crippen molar-refractivity contribution in [1.82, 2.24) is 15.5 Å². The molecule has 0 aromatic carbocycles. The minimum absolute atomic E-state index is 0. The van der Waals surface area contributed by atoms with E-state index in [0.717, 1.165) is 38.4 Å². The summed E-state index contributed by atoms with van der Waals surface area (Å²) >= 11 is 0. The van der Waals surface area contributed by atoms with Crippen LogP contribution in [0.1, 0.15) is 45.4 Å². The zero-order valence-electron chi connectivity index (χ0n) is 17.0. The number of likely N-dealkylation sites (N-methyl/N-ethyl adjacent to an activating group) is 1. The lowest BCUT2D eigenvalue weighted by atomic mass is 9.86. The van der Waals surface area contributed by atoms with Crippen LogP contribution in [0.15, 0.2) is 4.99 Å². The summed E-state index contributed by atoms with van der Waals surface area (Å²) < 4.78 is 11.1. The van der Waals surface area contributed by atoms with Gasteiger partial charge in [-0.2, -0.15) is 0 Å². The molecule has 2 rings (SSSR count). The summed E-state index contributed by atoms with van der Waals surface area (Å²) in [5, 5.41) is 6.90. The average Bonchev–Trinajstić information content (AvgIpc) is 3.14. The molecule has 2 fully saturated rings. The molecule has 0 bridgehead atoms. The first-order chi connectivity index (χ1) is 12.6. The third-order valence-electron chi connectivity index (χ3n) is 5.16. The number of aliphatic imine (C=N–C) groups is 1. The van der Waals surface area contributed by atoms with Crippen LogP contribution < -0.4 is 10.6 Å². The Balaban J connectivity index is 0.00000364. The highest BCUT2D eigenvalue weighted by molar-refractivity contribution is 14.0. The second-order valence-electron chi connectivity index (χ2n) is 7.60. The first kappa shape index (κ1) is 24.4. The minimum Gasteiger partial charge on any atom is -0.379 e. The number of guanidine groups is 1. The molecule has 2 N–H and O–H groups in total. The number of amides is 1. The molecule has 27 heavy (non-hydrogen) atoms. The third-order valence-corrected chi connectivity index (χ3v) is 5.16. The van der Waals surface area contributed by atoms with Gasteiger partial charge in [0.25, 0.3) is 0 Å². The number of nitrogens with one attached hydrogen (secondary N) is 2. The summed E-state index contributed by atoms with van der Waals surface area (Å²) in [6.45, 7) is 5.47. The standard InChI is InChI=1S/C19H36N4O3.HI/c1-15-7-4-5-8-17(15)22-19(21-13-18(24)23(2)3)20-10-6-11-26-16-9-12-25-14-16;/h15-17H,4-14H2,1-3H3,(H2,20,21,22);1H. The topological polar surface area (TPSA) is 75.2 Å². The molecule has 0 radical (unpaired) electrons. The van der Waals surface area contributed by atoms with Crippen LogP contribution in [0.3, 0.4) is 0 Å². The Morgan fingerprint density at radius 2 is 2.04 bits per heavy atom. The van der Waals surface area contributed by atoms with Gasteiger partial charge in [0, 0.05) is 39.9 Å². The van der Waals surface area contributed by atoms with Gasteiger partial charge in [-0.1, -0.05) is 19.8 Å². The number of halogens is 1. The second-order valence-corrected chi connectivity index (χ2v) is 7.60. The van der Waals surface area contributed by atoms with E-state index in [2.05, 4.69) is 22.5 Å². The maximum absolute atomic E-state index is 11.9. The monoisotopic (exact) mass is 496 g/mol. The van der Waals surface area contributed by atoms with Crippen molar-refractivity contribution in [1.29, 1.82) is 0 Å². The van der Waals surface area contributed by atoms with E-state index in [1.54, 1.807) is 19.0 Å². The summed E-state index contributed by atoms with van der Waals surface area (Å²) in [5.41, 5.74) is 0. The molecule has 0 aromatic rings. The Bertz CT molecular complexity index is 456. The van der Waals surface area contributed by atoms with Crippen molar-refractivity contribution < 1.29 is 14.3 Å². The van der Waals surface area contributed by atoms with Crippen LogP contribution in [0.4, 0.5) is 0 Å². The van der Waals surface area contributed by atoms with Crippen LogP contribution in [0.2, 0.25) is 0 Å². The van der Waals surface area contributed by atoms with Crippen molar-refractivity contribution in [3.05, 3.63) is 0 Å². The SMILES string of the molecule is CC1CCCCC1NC(=NCC(=O)N(C)C)NCCCOC1CCOC1.I. The predicted octanol–water partition coefficient (Wildman–Crippen LogP) is 2.00. The van der Waals surface area contributed by atoms with Crippen LogP contribution in [0.25, 0.3) is 0 Å². The Kier molecular flexibility index (Phi) is 12.3. The van der Waals surface area contributed by atoms with E-state index in [1.807, 2.05) is 0 Å². The Morgan fingerprint density at radius 1 is 1.26 bits per heavy atom. The molecule has 8 heteroatoms. The van der Waals surface area contributed by atoms with Crippen LogP contribution in [-0.4, -0.2) is 75.9 Å². The highest BCUT2D eigenvalue weighted by Crippen LogP contribution is 2.23. The summed E-state index contributed by atoms with van der Waals surface area (Å²) in [6, 6.07) is 0.427. The lowest BCUT2D eigenvalue weighted by molar-refractivity contribution is -0.127. The molecule has 1 saturated heterocycles. The van der Waals surface area contributed by atoms with Gasteiger partial charge in [-0.15, -0.1) is 24.0 Å². The number of hydrogen-bond donors (Lipinski definition) is 2. The molecule has 1 amide bonds. The highest BCUT2D eigenvalue weighted by Gasteiger charge is 2.22. The third kappa shape index (κ3) is 9.43. The molecule has 0 spiro atoms. The van der Waals surface area contributed by atoms with Gasteiger partial charge in [-0.25, -0.2) is 4.99 Å². The van der Waals surface area contributed by atoms with Crippen molar-refractivity contribution in [2.75, 3.05) is 47.0 Å². The van der Waals surface area contributed by atoms with Gasteiger partial charge in [-0.05, 0) is 31.6 Å². The van der Waals surface area contributed by atoms with Gasteiger partial charge < -0.3 is 25.0 Å². The van der Waals surface area contributed by atoms with Crippen molar-refractivity contribution in [2.24, 2.45) is 10.9 Å². The van der Waals surface area contributed by atoms with E-state index < -0.39 is 0 Å². The van der Waals surface area contributed by atoms with Crippen molar-refractivity contribution in [2.45, 2.75) is 57.6 Å². The first-order valence-electron chi connectivity index (χ1n) is 10.0. The van der Waals surface area contributed by atoms with Gasteiger partial charge in [0.15, 0.2) is 5.96 Å². The smallest absolute Gasteiger partial charge is 0.243 e. The summed E-state index contributed by atoms with van der Waals surface area (Å²) in [7, 11) is 3.51. The van der Waals surface area contributed by atoms with Crippen molar-refractivity contribution in [3.63, 3.8) is 0 Å². The average molecular weight is 496 g/mol. The zero-order valence-corrected chi connectivity index (χ0v) is 19.4. The van der Waals surface area contributed by atoms with Crippen LogP contribution in [0.5, 0.6) is 0 Å². The van der Waals surface area contributed by atoms with Crippen LogP contribution in [0, 0.1) is 5.92 Å².